The normalized spacial score (nSPS) is 33.6. The highest BCUT2D eigenvalue weighted by Gasteiger charge is 2.56. The molecule has 1 amide bonds. The predicted molar refractivity (Wildman–Crippen MR) is 96.5 cm³/mol. The summed E-state index contributed by atoms with van der Waals surface area (Å²) in [7, 11) is 0. The molecule has 25 heavy (non-hydrogen) atoms. The van der Waals surface area contributed by atoms with Crippen molar-refractivity contribution in [1.29, 1.82) is 0 Å². The lowest BCUT2D eigenvalue weighted by Crippen LogP contribution is -2.47. The van der Waals surface area contributed by atoms with E-state index in [1.165, 1.54) is 4.88 Å². The van der Waals surface area contributed by atoms with Crippen molar-refractivity contribution in [2.24, 2.45) is 11.3 Å². The van der Waals surface area contributed by atoms with Crippen LogP contribution in [0.1, 0.15) is 49.9 Å². The van der Waals surface area contributed by atoms with Crippen molar-refractivity contribution in [3.63, 3.8) is 0 Å². The minimum Gasteiger partial charge on any atom is -0.481 e. The number of hydrogen-bond donors (Lipinski definition) is 1. The average molecular weight is 362 g/mol. The Balaban J connectivity index is 1.49. The Morgan fingerprint density at radius 3 is 2.88 bits per heavy atom. The molecule has 0 aromatic carbocycles. The highest BCUT2D eigenvalue weighted by molar-refractivity contribution is 7.10. The van der Waals surface area contributed by atoms with Crippen LogP contribution in [0.2, 0.25) is 0 Å². The zero-order chi connectivity index (χ0) is 17.6. The molecule has 0 bridgehead atoms. The molecule has 1 aromatic heterocycles. The lowest BCUT2D eigenvalue weighted by molar-refractivity contribution is -0.150. The molecule has 2 saturated heterocycles. The van der Waals surface area contributed by atoms with Crippen molar-refractivity contribution >= 4 is 23.2 Å². The van der Waals surface area contributed by atoms with Crippen LogP contribution in [0.25, 0.3) is 0 Å². The number of nitrogens with zero attached hydrogens (tertiary/aromatic N) is 2. The van der Waals surface area contributed by atoms with Crippen LogP contribution in [0, 0.1) is 11.3 Å². The maximum atomic E-state index is 13.2. The molecule has 136 valence electrons. The van der Waals surface area contributed by atoms with Crippen LogP contribution >= 0.6 is 11.3 Å². The Bertz CT molecular complexity index is 662. The van der Waals surface area contributed by atoms with Crippen molar-refractivity contribution in [3.05, 3.63) is 22.4 Å². The van der Waals surface area contributed by atoms with Gasteiger partial charge >= 0.3 is 5.97 Å². The van der Waals surface area contributed by atoms with Crippen LogP contribution in [-0.4, -0.2) is 52.5 Å². The molecular formula is C19H26N2O3S. The summed E-state index contributed by atoms with van der Waals surface area (Å²) in [6.45, 7) is 4.05. The van der Waals surface area contributed by atoms with Crippen LogP contribution in [0.5, 0.6) is 0 Å². The number of amides is 1. The summed E-state index contributed by atoms with van der Waals surface area (Å²) in [6, 6.07) is 4.13. The molecule has 3 aliphatic rings. The van der Waals surface area contributed by atoms with E-state index < -0.39 is 11.4 Å². The van der Waals surface area contributed by atoms with Crippen LogP contribution < -0.4 is 0 Å². The third kappa shape index (κ3) is 2.70. The van der Waals surface area contributed by atoms with E-state index in [1.807, 2.05) is 17.9 Å². The van der Waals surface area contributed by atoms with Crippen LogP contribution in [-0.2, 0) is 9.59 Å². The monoisotopic (exact) mass is 362 g/mol. The number of carboxylic acids is 1. The van der Waals surface area contributed by atoms with E-state index in [0.29, 0.717) is 6.54 Å². The SMILES string of the molecule is CC(C(=O)N1CCCC1c1cccs1)N1C[C@@H]2CCC[C@@]2(C(=O)O)C1. The molecule has 3 fully saturated rings. The van der Waals surface area contributed by atoms with Crippen LogP contribution in [0.4, 0.5) is 0 Å². The van der Waals surface area contributed by atoms with Gasteiger partial charge in [-0.15, -0.1) is 11.3 Å². The standard InChI is InChI=1S/C19H26N2O3S/c1-13(20-11-14-5-2-8-19(14,12-20)18(23)24)17(22)21-9-3-6-15(21)16-7-4-10-25-16/h4,7,10,13-15H,2-3,5-6,8-9,11-12H2,1H3,(H,23,24)/t13?,14-,15?,19+/m0/s1. The Morgan fingerprint density at radius 1 is 1.36 bits per heavy atom. The topological polar surface area (TPSA) is 60.9 Å². The van der Waals surface area contributed by atoms with E-state index in [4.69, 9.17) is 0 Å². The number of likely N-dealkylation sites (tertiary alicyclic amines) is 2. The van der Waals surface area contributed by atoms with Gasteiger partial charge in [0.2, 0.25) is 5.91 Å². The molecule has 1 N–H and O–H groups in total. The van der Waals surface area contributed by atoms with Gasteiger partial charge in [0.15, 0.2) is 0 Å². The number of rotatable bonds is 4. The van der Waals surface area contributed by atoms with Crippen LogP contribution in [0.3, 0.4) is 0 Å². The molecule has 1 aliphatic carbocycles. The van der Waals surface area contributed by atoms with Gasteiger partial charge in [0.1, 0.15) is 0 Å². The summed E-state index contributed by atoms with van der Waals surface area (Å²) in [5, 5.41) is 11.8. The fourth-order valence-corrected chi connectivity index (χ4v) is 6.05. The van der Waals surface area contributed by atoms with Gasteiger partial charge in [0.25, 0.3) is 0 Å². The van der Waals surface area contributed by atoms with Gasteiger partial charge in [-0.1, -0.05) is 12.5 Å². The van der Waals surface area contributed by atoms with Crippen molar-refractivity contribution in [2.45, 2.75) is 51.1 Å². The molecule has 3 heterocycles. The number of carbonyl (C=O) groups is 2. The lowest BCUT2D eigenvalue weighted by atomic mass is 9.81. The number of fused-ring (bicyclic) bond motifs is 1. The second kappa shape index (κ2) is 6.40. The first-order chi connectivity index (χ1) is 12.0. The van der Waals surface area contributed by atoms with Gasteiger partial charge in [0, 0.05) is 24.5 Å². The van der Waals surface area contributed by atoms with Gasteiger partial charge in [-0.3, -0.25) is 14.5 Å². The van der Waals surface area contributed by atoms with E-state index in [2.05, 4.69) is 16.3 Å². The predicted octanol–water partition coefficient (Wildman–Crippen LogP) is 2.99. The highest BCUT2D eigenvalue weighted by atomic mass is 32.1. The minimum atomic E-state index is -0.671. The fraction of sp³-hybridized carbons (Fsp3) is 0.684. The van der Waals surface area contributed by atoms with E-state index in [-0.39, 0.29) is 23.9 Å². The first-order valence-corrected chi connectivity index (χ1v) is 10.2. The molecule has 4 atom stereocenters. The molecule has 5 nitrogen and oxygen atoms in total. The summed E-state index contributed by atoms with van der Waals surface area (Å²) < 4.78 is 0. The number of carboxylic acid groups (broad SMARTS) is 1. The molecule has 1 saturated carbocycles. The van der Waals surface area contributed by atoms with Gasteiger partial charge in [-0.05, 0) is 50.0 Å². The first-order valence-electron chi connectivity index (χ1n) is 9.34. The number of carbonyl (C=O) groups excluding carboxylic acids is 1. The lowest BCUT2D eigenvalue weighted by Gasteiger charge is -2.32. The van der Waals surface area contributed by atoms with Gasteiger partial charge in [0.05, 0.1) is 17.5 Å². The third-order valence-electron chi connectivity index (χ3n) is 6.64. The third-order valence-corrected chi connectivity index (χ3v) is 7.61. The largest absolute Gasteiger partial charge is 0.481 e. The first kappa shape index (κ1) is 17.0. The maximum absolute atomic E-state index is 13.2. The second-order valence-electron chi connectivity index (χ2n) is 7.86. The van der Waals surface area contributed by atoms with Gasteiger partial charge in [-0.25, -0.2) is 0 Å². The zero-order valence-corrected chi connectivity index (χ0v) is 15.5. The summed E-state index contributed by atoms with van der Waals surface area (Å²) in [6.07, 6.45) is 4.81. The van der Waals surface area contributed by atoms with Crippen molar-refractivity contribution in [2.75, 3.05) is 19.6 Å². The van der Waals surface area contributed by atoms with Gasteiger partial charge in [-0.2, -0.15) is 0 Å². The molecule has 4 rings (SSSR count). The molecule has 2 aliphatic heterocycles. The summed E-state index contributed by atoms with van der Waals surface area (Å²) in [5.74, 6) is -0.307. The van der Waals surface area contributed by atoms with E-state index >= 15 is 0 Å². The van der Waals surface area contributed by atoms with Gasteiger partial charge < -0.3 is 10.0 Å². The average Bonchev–Trinajstić information content (AvgIpc) is 3.35. The summed E-state index contributed by atoms with van der Waals surface area (Å²) in [4.78, 5) is 30.5. The Labute approximate surface area is 152 Å². The molecular weight excluding hydrogens is 336 g/mol. The van der Waals surface area contributed by atoms with Crippen molar-refractivity contribution in [1.82, 2.24) is 9.80 Å². The Morgan fingerprint density at radius 2 is 2.20 bits per heavy atom. The number of thiophene rings is 1. The minimum absolute atomic E-state index is 0.163. The number of hydrogen-bond acceptors (Lipinski definition) is 4. The highest BCUT2D eigenvalue weighted by Crippen LogP contribution is 2.49. The van der Waals surface area contributed by atoms with E-state index in [1.54, 1.807) is 11.3 Å². The molecule has 0 spiro atoms. The number of aliphatic carboxylic acids is 1. The fourth-order valence-electron chi connectivity index (χ4n) is 5.18. The molecule has 1 aromatic rings. The van der Waals surface area contributed by atoms with E-state index in [0.717, 1.165) is 45.2 Å². The summed E-state index contributed by atoms with van der Waals surface area (Å²) in [5.41, 5.74) is -0.618. The summed E-state index contributed by atoms with van der Waals surface area (Å²) >= 11 is 1.72. The zero-order valence-electron chi connectivity index (χ0n) is 14.7. The van der Waals surface area contributed by atoms with E-state index in [9.17, 15) is 14.7 Å². The van der Waals surface area contributed by atoms with Crippen molar-refractivity contribution < 1.29 is 14.7 Å². The maximum Gasteiger partial charge on any atom is 0.311 e. The van der Waals surface area contributed by atoms with Crippen LogP contribution in [0.15, 0.2) is 17.5 Å². The quantitative estimate of drug-likeness (QED) is 0.894. The molecule has 2 unspecified atom stereocenters. The Hall–Kier alpha value is -1.40. The molecule has 6 heteroatoms. The van der Waals surface area contributed by atoms with Crippen molar-refractivity contribution in [3.8, 4) is 0 Å². The smallest absolute Gasteiger partial charge is 0.311 e. The second-order valence-corrected chi connectivity index (χ2v) is 8.84. The Kier molecular flexibility index (Phi) is 4.36. The molecule has 0 radical (unpaired) electrons.